The minimum atomic E-state index is -0.440. The van der Waals surface area contributed by atoms with E-state index in [0.717, 1.165) is 19.3 Å². The molecular formula is C15H20N4O4. The second-order valence-corrected chi connectivity index (χ2v) is 6.30. The van der Waals surface area contributed by atoms with Crippen LogP contribution in [-0.4, -0.2) is 70.4 Å². The van der Waals surface area contributed by atoms with Gasteiger partial charge in [0.1, 0.15) is 11.8 Å². The Hall–Kier alpha value is -1.93. The molecule has 4 rings (SSSR count). The normalized spacial score (nSPS) is 30.5. The number of hydrogen-bond donors (Lipinski definition) is 1. The van der Waals surface area contributed by atoms with Crippen LogP contribution in [0.4, 0.5) is 0 Å². The van der Waals surface area contributed by atoms with Gasteiger partial charge in [0.15, 0.2) is 0 Å². The molecule has 8 nitrogen and oxygen atoms in total. The lowest BCUT2D eigenvalue weighted by atomic mass is 9.91. The number of fused-ring (bicyclic) bond motifs is 1. The van der Waals surface area contributed by atoms with Crippen LogP contribution < -0.4 is 0 Å². The number of carbonyl (C=O) groups is 2. The van der Waals surface area contributed by atoms with E-state index >= 15 is 0 Å². The van der Waals surface area contributed by atoms with E-state index in [4.69, 9.17) is 9.57 Å². The van der Waals surface area contributed by atoms with Crippen molar-refractivity contribution in [1.29, 1.82) is 0 Å². The molecule has 0 spiro atoms. The summed E-state index contributed by atoms with van der Waals surface area (Å²) in [6, 6.07) is 1.67. The molecule has 0 bridgehead atoms. The topological polar surface area (TPSA) is 87.8 Å². The highest BCUT2D eigenvalue weighted by molar-refractivity contribution is 5.92. The van der Waals surface area contributed by atoms with Crippen LogP contribution in [0.25, 0.3) is 0 Å². The smallest absolute Gasteiger partial charge is 0.275 e. The molecule has 1 aromatic heterocycles. The monoisotopic (exact) mass is 320 g/mol. The summed E-state index contributed by atoms with van der Waals surface area (Å²) in [4.78, 5) is 31.8. The van der Waals surface area contributed by atoms with Gasteiger partial charge in [0.25, 0.3) is 11.8 Å². The van der Waals surface area contributed by atoms with Gasteiger partial charge in [-0.1, -0.05) is 0 Å². The Labute approximate surface area is 133 Å². The fraction of sp³-hybridized carbons (Fsp3) is 0.667. The number of carbonyl (C=O) groups excluding carboxylic acids is 2. The molecule has 23 heavy (non-hydrogen) atoms. The van der Waals surface area contributed by atoms with Gasteiger partial charge < -0.3 is 9.64 Å². The van der Waals surface area contributed by atoms with E-state index in [0.29, 0.717) is 37.9 Å². The third-order valence-corrected chi connectivity index (χ3v) is 4.84. The Morgan fingerprint density at radius 2 is 2.26 bits per heavy atom. The van der Waals surface area contributed by atoms with Crippen molar-refractivity contribution in [2.75, 3.05) is 26.2 Å². The van der Waals surface area contributed by atoms with Gasteiger partial charge in [-0.15, -0.1) is 0 Å². The van der Waals surface area contributed by atoms with E-state index in [1.54, 1.807) is 17.2 Å². The van der Waals surface area contributed by atoms with E-state index in [1.165, 1.54) is 5.06 Å². The summed E-state index contributed by atoms with van der Waals surface area (Å²) in [7, 11) is 0. The number of H-pyrrole nitrogens is 1. The SMILES string of the molecule is O=C(c1ccn[nH]1)N1CC[C@H]2C[C@H](C(=O)N3CCCO3)O[C@@H]2C1. The van der Waals surface area contributed by atoms with Crippen molar-refractivity contribution < 1.29 is 19.2 Å². The minimum absolute atomic E-state index is 0.0674. The van der Waals surface area contributed by atoms with Crippen molar-refractivity contribution >= 4 is 11.8 Å². The van der Waals surface area contributed by atoms with Crippen LogP contribution in [0.2, 0.25) is 0 Å². The van der Waals surface area contributed by atoms with Crippen LogP contribution in [-0.2, 0) is 14.4 Å². The zero-order valence-electron chi connectivity index (χ0n) is 12.8. The number of aromatic nitrogens is 2. The highest BCUT2D eigenvalue weighted by atomic mass is 16.7. The van der Waals surface area contributed by atoms with Crippen LogP contribution in [0, 0.1) is 5.92 Å². The van der Waals surface area contributed by atoms with Gasteiger partial charge in [0.05, 0.1) is 19.3 Å². The summed E-state index contributed by atoms with van der Waals surface area (Å²) in [5.41, 5.74) is 0.486. The van der Waals surface area contributed by atoms with Crippen LogP contribution in [0.5, 0.6) is 0 Å². The predicted molar refractivity (Wildman–Crippen MR) is 78.2 cm³/mol. The number of ether oxygens (including phenoxy) is 1. The van der Waals surface area contributed by atoms with E-state index in [1.807, 2.05) is 0 Å². The van der Waals surface area contributed by atoms with Crippen molar-refractivity contribution in [2.45, 2.75) is 31.5 Å². The molecule has 0 saturated carbocycles. The fourth-order valence-corrected chi connectivity index (χ4v) is 3.60. The molecule has 3 fully saturated rings. The summed E-state index contributed by atoms with van der Waals surface area (Å²) in [5, 5.41) is 7.94. The molecule has 124 valence electrons. The van der Waals surface area contributed by atoms with E-state index in [-0.39, 0.29) is 17.9 Å². The number of hydroxylamine groups is 2. The van der Waals surface area contributed by atoms with Crippen molar-refractivity contribution in [3.63, 3.8) is 0 Å². The van der Waals surface area contributed by atoms with E-state index < -0.39 is 6.10 Å². The van der Waals surface area contributed by atoms with Gasteiger partial charge in [0, 0.05) is 19.3 Å². The standard InChI is InChI=1S/C15H20N4O4/c20-14(11-2-4-16-17-11)18-6-3-10-8-12(23-13(10)9-18)15(21)19-5-1-7-22-19/h2,4,10,12-13H,1,3,5-9H2,(H,16,17)/t10-,12+,13+/m0/s1. The number of hydrogen-bond acceptors (Lipinski definition) is 5. The maximum Gasteiger partial charge on any atom is 0.275 e. The fourth-order valence-electron chi connectivity index (χ4n) is 3.60. The molecule has 1 N–H and O–H groups in total. The van der Waals surface area contributed by atoms with Crippen LogP contribution in [0.3, 0.4) is 0 Å². The molecule has 0 unspecified atom stereocenters. The van der Waals surface area contributed by atoms with E-state index in [2.05, 4.69) is 10.2 Å². The Bertz CT molecular complexity index is 584. The Balaban J connectivity index is 1.38. The first-order valence-electron chi connectivity index (χ1n) is 8.11. The lowest BCUT2D eigenvalue weighted by molar-refractivity contribution is -0.180. The number of rotatable bonds is 2. The van der Waals surface area contributed by atoms with Gasteiger partial charge in [0.2, 0.25) is 0 Å². The molecule has 3 aliphatic heterocycles. The third kappa shape index (κ3) is 2.72. The third-order valence-electron chi connectivity index (χ3n) is 4.84. The van der Waals surface area contributed by atoms with Crippen molar-refractivity contribution in [2.24, 2.45) is 5.92 Å². The van der Waals surface area contributed by atoms with Gasteiger partial charge in [-0.05, 0) is 31.2 Å². The Morgan fingerprint density at radius 1 is 1.35 bits per heavy atom. The quantitative estimate of drug-likeness (QED) is 0.841. The summed E-state index contributed by atoms with van der Waals surface area (Å²) >= 11 is 0. The molecule has 8 heteroatoms. The highest BCUT2D eigenvalue weighted by Gasteiger charge is 2.44. The zero-order chi connectivity index (χ0) is 15.8. The Morgan fingerprint density at radius 3 is 3.00 bits per heavy atom. The van der Waals surface area contributed by atoms with Gasteiger partial charge >= 0.3 is 0 Å². The molecule has 3 saturated heterocycles. The summed E-state index contributed by atoms with van der Waals surface area (Å²) in [5.74, 6) is 0.183. The minimum Gasteiger partial charge on any atom is -0.363 e. The molecule has 0 aliphatic carbocycles. The number of likely N-dealkylation sites (tertiary alicyclic amines) is 1. The number of aromatic amines is 1. The Kier molecular flexibility index (Phi) is 3.78. The molecule has 2 amide bonds. The van der Waals surface area contributed by atoms with Crippen LogP contribution >= 0.6 is 0 Å². The zero-order valence-corrected chi connectivity index (χ0v) is 12.8. The summed E-state index contributed by atoms with van der Waals surface area (Å²) in [6.07, 6.45) is 3.50. The molecule has 3 aliphatic rings. The molecule has 1 aromatic rings. The first kappa shape index (κ1) is 14.6. The van der Waals surface area contributed by atoms with Gasteiger partial charge in [-0.2, -0.15) is 5.10 Å². The summed E-state index contributed by atoms with van der Waals surface area (Å²) in [6.45, 7) is 2.44. The van der Waals surface area contributed by atoms with Crippen molar-refractivity contribution in [3.8, 4) is 0 Å². The number of amides is 2. The molecule has 0 aromatic carbocycles. The van der Waals surface area contributed by atoms with Gasteiger partial charge in [-0.3, -0.25) is 19.5 Å². The first-order valence-corrected chi connectivity index (χ1v) is 8.11. The molecule has 3 atom stereocenters. The maximum absolute atomic E-state index is 12.4. The van der Waals surface area contributed by atoms with E-state index in [9.17, 15) is 9.59 Å². The average Bonchev–Trinajstić information content (AvgIpc) is 3.33. The number of nitrogens with zero attached hydrogens (tertiary/aromatic N) is 3. The van der Waals surface area contributed by atoms with Crippen LogP contribution in [0.1, 0.15) is 29.8 Å². The first-order chi connectivity index (χ1) is 11.2. The second-order valence-electron chi connectivity index (χ2n) is 6.30. The maximum atomic E-state index is 12.4. The average molecular weight is 320 g/mol. The van der Waals surface area contributed by atoms with Gasteiger partial charge in [-0.25, -0.2) is 5.06 Å². The highest BCUT2D eigenvalue weighted by Crippen LogP contribution is 2.34. The largest absolute Gasteiger partial charge is 0.363 e. The molecule has 0 radical (unpaired) electrons. The molecule has 4 heterocycles. The number of piperidine rings is 1. The second kappa shape index (κ2) is 5.93. The van der Waals surface area contributed by atoms with Crippen molar-refractivity contribution in [3.05, 3.63) is 18.0 Å². The molecular weight excluding hydrogens is 300 g/mol. The summed E-state index contributed by atoms with van der Waals surface area (Å²) < 4.78 is 5.95. The van der Waals surface area contributed by atoms with Crippen molar-refractivity contribution in [1.82, 2.24) is 20.2 Å². The predicted octanol–water partition coefficient (Wildman–Crippen LogP) is 0.193. The lowest BCUT2D eigenvalue weighted by Crippen LogP contribution is -2.45. The number of nitrogens with one attached hydrogen (secondary N) is 1. The van der Waals surface area contributed by atoms with Crippen LogP contribution in [0.15, 0.2) is 12.3 Å². The lowest BCUT2D eigenvalue weighted by Gasteiger charge is -2.33.